The van der Waals surface area contributed by atoms with Gasteiger partial charge in [0.1, 0.15) is 19.3 Å². The zero-order valence-electron chi connectivity index (χ0n) is 63.1. The van der Waals surface area contributed by atoms with E-state index in [9.17, 15) is 43.2 Å². The smallest absolute Gasteiger partial charge is 0.462 e. The number of hydrogen-bond acceptors (Lipinski definition) is 15. The maximum Gasteiger partial charge on any atom is 0.472 e. The fourth-order valence-electron chi connectivity index (χ4n) is 10.4. The molecule has 0 fully saturated rings. The highest BCUT2D eigenvalue weighted by atomic mass is 31.2. The van der Waals surface area contributed by atoms with Gasteiger partial charge < -0.3 is 33.8 Å². The summed E-state index contributed by atoms with van der Waals surface area (Å²) in [6, 6.07) is 0. The van der Waals surface area contributed by atoms with Crippen LogP contribution in [0.5, 0.6) is 0 Å². The molecule has 100 heavy (non-hydrogen) atoms. The molecule has 0 amide bonds. The molecule has 0 rings (SSSR count). The van der Waals surface area contributed by atoms with Crippen molar-refractivity contribution in [3.63, 3.8) is 0 Å². The molecule has 0 radical (unpaired) electrons. The lowest BCUT2D eigenvalue weighted by atomic mass is 10.1. The largest absolute Gasteiger partial charge is 0.472 e. The molecule has 0 saturated carbocycles. The molecule has 0 aliphatic heterocycles. The minimum Gasteiger partial charge on any atom is -0.462 e. The Hall–Kier alpha value is -4.02. The molecule has 2 unspecified atom stereocenters. The third kappa shape index (κ3) is 72.3. The lowest BCUT2D eigenvalue weighted by Crippen LogP contribution is -2.30. The molecular formula is C81H142O17P2. The summed E-state index contributed by atoms with van der Waals surface area (Å²) in [6.45, 7) is 4.73. The first-order valence-electron chi connectivity index (χ1n) is 39.5. The van der Waals surface area contributed by atoms with E-state index in [4.69, 9.17) is 37.0 Å². The summed E-state index contributed by atoms with van der Waals surface area (Å²) < 4.78 is 68.5. The molecule has 3 N–H and O–H groups in total. The fraction of sp³-hybridized carbons (Fsp3) is 0.753. The number of unbranched alkanes of at least 4 members (excludes halogenated alkanes) is 33. The number of aliphatic hydroxyl groups is 1. The predicted molar refractivity (Wildman–Crippen MR) is 409 cm³/mol. The van der Waals surface area contributed by atoms with E-state index in [1.807, 2.05) is 12.2 Å². The Morgan fingerprint density at radius 3 is 0.890 bits per heavy atom. The first kappa shape index (κ1) is 96.0. The third-order valence-corrected chi connectivity index (χ3v) is 18.4. The Balaban J connectivity index is 5.42. The number of esters is 4. The molecule has 0 spiro atoms. The number of rotatable bonds is 74. The number of allylic oxidation sites excluding steroid dienone is 16. The van der Waals surface area contributed by atoms with Crippen molar-refractivity contribution in [2.45, 2.75) is 354 Å². The van der Waals surface area contributed by atoms with Gasteiger partial charge in [-0.1, -0.05) is 266 Å². The molecule has 0 saturated heterocycles. The molecule has 0 aromatic carbocycles. The summed E-state index contributed by atoms with van der Waals surface area (Å²) in [5.74, 6) is -2.26. The quantitative estimate of drug-likeness (QED) is 0.0128. The monoisotopic (exact) mass is 1450 g/mol. The van der Waals surface area contributed by atoms with Gasteiger partial charge in [-0.05, 0) is 141 Å². The first-order valence-corrected chi connectivity index (χ1v) is 42.5. The van der Waals surface area contributed by atoms with Crippen LogP contribution in [0, 0.1) is 0 Å². The van der Waals surface area contributed by atoms with Crippen LogP contribution in [-0.4, -0.2) is 96.7 Å². The fourth-order valence-corrected chi connectivity index (χ4v) is 12.0. The van der Waals surface area contributed by atoms with E-state index in [1.54, 1.807) is 0 Å². The zero-order chi connectivity index (χ0) is 73.2. The molecule has 19 heteroatoms. The van der Waals surface area contributed by atoms with Gasteiger partial charge in [0.25, 0.3) is 0 Å². The van der Waals surface area contributed by atoms with E-state index >= 15 is 0 Å². The van der Waals surface area contributed by atoms with Crippen molar-refractivity contribution in [3.05, 3.63) is 97.2 Å². The lowest BCUT2D eigenvalue weighted by Gasteiger charge is -2.21. The molecular weight excluding hydrogens is 1310 g/mol. The number of carbonyl (C=O) groups is 4. The number of aliphatic hydroxyl groups excluding tert-OH is 1. The van der Waals surface area contributed by atoms with Crippen molar-refractivity contribution >= 4 is 39.5 Å². The number of phosphoric ester groups is 2. The van der Waals surface area contributed by atoms with E-state index in [0.717, 1.165) is 141 Å². The molecule has 0 bridgehead atoms. The van der Waals surface area contributed by atoms with E-state index in [0.29, 0.717) is 32.1 Å². The maximum atomic E-state index is 13.1. The van der Waals surface area contributed by atoms with Crippen LogP contribution in [0.2, 0.25) is 0 Å². The normalized spacial score (nSPS) is 14.4. The Kier molecular flexibility index (Phi) is 70.4. The standard InChI is InChI=1S/C81H142O17P2/c1-5-9-13-17-21-25-29-33-36-37-40-44-48-52-56-60-64-68-81(86)98-76(71-91-78(83)65-61-57-53-49-45-41-32-28-24-20-16-12-8-4)73-95-99(87,88)93-69-75(82)70-94-100(89,90)96-74-77(97-80(85)67-63-59-55-51-47-43-39-35-31-27-23-19-15-11-7-3)72-92-79(84)66-62-58-54-50-46-42-38-34-30-26-22-18-14-10-6-2/h21,25,27-28,31-36,38-40,44,52,56,75-77,82H,5-20,22-24,26,29-30,37,41-43,45-51,53-55,57-74H2,1-4H3,(H,87,88)(H,89,90)/b25-21-,31-27-,32-28-,36-33-,38-34-,39-35-,44-40-,56-52-/t75-,76+,77+/m0/s1. The van der Waals surface area contributed by atoms with Crippen molar-refractivity contribution in [1.29, 1.82) is 0 Å². The Labute approximate surface area is 607 Å². The Morgan fingerprint density at radius 1 is 0.290 bits per heavy atom. The van der Waals surface area contributed by atoms with Crippen LogP contribution in [-0.2, 0) is 65.4 Å². The topological polar surface area (TPSA) is 237 Å². The molecule has 5 atom stereocenters. The summed E-state index contributed by atoms with van der Waals surface area (Å²) in [6.07, 6.45) is 76.8. The van der Waals surface area contributed by atoms with E-state index in [-0.39, 0.29) is 25.7 Å². The van der Waals surface area contributed by atoms with Gasteiger partial charge in [-0.2, -0.15) is 0 Å². The van der Waals surface area contributed by atoms with Crippen molar-refractivity contribution in [3.8, 4) is 0 Å². The second kappa shape index (κ2) is 73.3. The summed E-state index contributed by atoms with van der Waals surface area (Å²) in [5, 5.41) is 10.6. The lowest BCUT2D eigenvalue weighted by molar-refractivity contribution is -0.161. The second-order valence-electron chi connectivity index (χ2n) is 26.3. The summed E-state index contributed by atoms with van der Waals surface area (Å²) in [5.41, 5.74) is 0. The highest BCUT2D eigenvalue weighted by Crippen LogP contribution is 2.45. The van der Waals surface area contributed by atoms with Crippen LogP contribution in [0.15, 0.2) is 97.2 Å². The van der Waals surface area contributed by atoms with Gasteiger partial charge in [0, 0.05) is 25.7 Å². The minimum atomic E-state index is -4.99. The van der Waals surface area contributed by atoms with Gasteiger partial charge in [0.15, 0.2) is 12.2 Å². The second-order valence-corrected chi connectivity index (χ2v) is 29.2. The highest BCUT2D eigenvalue weighted by Gasteiger charge is 2.30. The molecule has 0 aromatic rings. The van der Waals surface area contributed by atoms with Gasteiger partial charge >= 0.3 is 39.5 Å². The SMILES string of the molecule is CCCCC/C=C\C/C=C\C/C=C\C/C=C\CCCC(=O)O[C@H](COC(=O)CCCCCCC/C=C\CCCCCC)COP(=O)(O)OC[C@H](O)COP(=O)(O)OC[C@@H](COC(=O)CCCCCCC/C=C\CCCCCCCC)OC(=O)CCCCCCC/C=C\C=C/CCCCCC. The van der Waals surface area contributed by atoms with Crippen molar-refractivity contribution in [1.82, 2.24) is 0 Å². The highest BCUT2D eigenvalue weighted by molar-refractivity contribution is 7.47. The van der Waals surface area contributed by atoms with Gasteiger partial charge in [-0.25, -0.2) is 9.13 Å². The summed E-state index contributed by atoms with van der Waals surface area (Å²) in [7, 11) is -9.97. The van der Waals surface area contributed by atoms with Gasteiger partial charge in [0.05, 0.1) is 26.4 Å². The molecule has 0 aliphatic rings. The average Bonchev–Trinajstić information content (AvgIpc) is 1.13. The molecule has 17 nitrogen and oxygen atoms in total. The van der Waals surface area contributed by atoms with Crippen LogP contribution in [0.1, 0.15) is 336 Å². The van der Waals surface area contributed by atoms with Crippen molar-refractivity contribution in [2.75, 3.05) is 39.6 Å². The van der Waals surface area contributed by atoms with Crippen LogP contribution >= 0.6 is 15.6 Å². The summed E-state index contributed by atoms with van der Waals surface area (Å²) in [4.78, 5) is 72.9. The Morgan fingerprint density at radius 2 is 0.530 bits per heavy atom. The van der Waals surface area contributed by atoms with Crippen LogP contribution in [0.25, 0.3) is 0 Å². The van der Waals surface area contributed by atoms with Crippen molar-refractivity contribution < 1.29 is 80.2 Å². The minimum absolute atomic E-state index is 0.0174. The number of phosphoric acid groups is 2. The van der Waals surface area contributed by atoms with Gasteiger partial charge in [-0.3, -0.25) is 37.3 Å². The van der Waals surface area contributed by atoms with Crippen LogP contribution < -0.4 is 0 Å². The average molecular weight is 1450 g/mol. The van der Waals surface area contributed by atoms with Crippen molar-refractivity contribution in [2.24, 2.45) is 0 Å². The number of ether oxygens (including phenoxy) is 4. The number of carbonyl (C=O) groups excluding carboxylic acids is 4. The number of hydrogen-bond donors (Lipinski definition) is 3. The van der Waals surface area contributed by atoms with Crippen LogP contribution in [0.4, 0.5) is 0 Å². The van der Waals surface area contributed by atoms with E-state index < -0.39 is 97.5 Å². The maximum absolute atomic E-state index is 13.1. The molecule has 0 heterocycles. The zero-order valence-corrected chi connectivity index (χ0v) is 64.9. The van der Waals surface area contributed by atoms with Gasteiger partial charge in [-0.15, -0.1) is 0 Å². The van der Waals surface area contributed by atoms with Gasteiger partial charge in [0.2, 0.25) is 0 Å². The van der Waals surface area contributed by atoms with Crippen LogP contribution in [0.3, 0.4) is 0 Å². The summed E-state index contributed by atoms with van der Waals surface area (Å²) >= 11 is 0. The third-order valence-electron chi connectivity index (χ3n) is 16.5. The molecule has 578 valence electrons. The Bertz CT molecular complexity index is 2270. The van der Waals surface area contributed by atoms with E-state index in [2.05, 4.69) is 113 Å². The predicted octanol–water partition coefficient (Wildman–Crippen LogP) is 22.8. The molecule has 0 aliphatic carbocycles. The first-order chi connectivity index (χ1) is 48.7. The van der Waals surface area contributed by atoms with E-state index in [1.165, 1.54) is 109 Å². The molecule has 0 aromatic heterocycles.